The van der Waals surface area contributed by atoms with Crippen molar-refractivity contribution in [3.63, 3.8) is 0 Å². The van der Waals surface area contributed by atoms with Crippen LogP contribution in [-0.2, 0) is 14.4 Å². The van der Waals surface area contributed by atoms with E-state index in [1.54, 1.807) is 20.8 Å². The summed E-state index contributed by atoms with van der Waals surface area (Å²) in [6, 6.07) is 0. The number of alkyl carbamates (subject to hydrolysis) is 1. The van der Waals surface area contributed by atoms with Crippen LogP contribution in [0.3, 0.4) is 0 Å². The van der Waals surface area contributed by atoms with Crippen molar-refractivity contribution in [2.75, 3.05) is 0 Å². The molecule has 1 heterocycles. The first kappa shape index (κ1) is 15.1. The van der Waals surface area contributed by atoms with Gasteiger partial charge in [-0.05, 0) is 43.1 Å². The number of hydrogen-bond acceptors (Lipinski definition) is 5. The van der Waals surface area contributed by atoms with Crippen LogP contribution in [-0.4, -0.2) is 39.0 Å². The Hall–Kier alpha value is -1.31. The van der Waals surface area contributed by atoms with Crippen LogP contribution in [0.5, 0.6) is 0 Å². The van der Waals surface area contributed by atoms with Gasteiger partial charge in [0.15, 0.2) is 0 Å². The molecule has 0 aromatic carbocycles. The van der Waals surface area contributed by atoms with Crippen molar-refractivity contribution < 1.29 is 24.3 Å². The normalized spacial score (nSPS) is 32.1. The Bertz CT molecular complexity index is 473. The van der Waals surface area contributed by atoms with E-state index < -0.39 is 23.2 Å². The minimum Gasteiger partial charge on any atom is -0.479 e. The van der Waals surface area contributed by atoms with Crippen LogP contribution in [0.25, 0.3) is 0 Å². The second-order valence-corrected chi connectivity index (χ2v) is 6.94. The number of carboxylic acids is 1. The van der Waals surface area contributed by atoms with Crippen LogP contribution in [0.4, 0.5) is 4.79 Å². The van der Waals surface area contributed by atoms with Gasteiger partial charge in [0.2, 0.25) is 0 Å². The molecule has 2 rings (SSSR count). The van der Waals surface area contributed by atoms with Crippen molar-refractivity contribution in [3.8, 4) is 0 Å². The molecule has 0 aromatic rings. The molecule has 2 N–H and O–H groups in total. The molecule has 7 nitrogen and oxygen atoms in total. The van der Waals surface area contributed by atoms with Gasteiger partial charge in [-0.15, -0.1) is 0 Å². The van der Waals surface area contributed by atoms with E-state index in [0.717, 1.165) is 0 Å². The fourth-order valence-electron chi connectivity index (χ4n) is 2.25. The lowest BCUT2D eigenvalue weighted by molar-refractivity contribution is -0.141. The molecule has 112 valence electrons. The molecule has 20 heavy (non-hydrogen) atoms. The zero-order valence-corrected chi connectivity index (χ0v) is 13.1. The van der Waals surface area contributed by atoms with E-state index >= 15 is 0 Å². The minimum atomic E-state index is -1.32. The summed E-state index contributed by atoms with van der Waals surface area (Å²) in [5, 5.41) is 15.6. The molecule has 0 bridgehead atoms. The van der Waals surface area contributed by atoms with E-state index in [0.29, 0.717) is 17.5 Å². The van der Waals surface area contributed by atoms with Crippen molar-refractivity contribution in [2.45, 2.75) is 50.9 Å². The average Bonchev–Trinajstić information content (AvgIpc) is 2.82. The summed E-state index contributed by atoms with van der Waals surface area (Å²) in [5.74, 6) is -1.40. The van der Waals surface area contributed by atoms with Gasteiger partial charge in [-0.1, -0.05) is 5.16 Å². The zero-order valence-electron chi connectivity index (χ0n) is 11.5. The number of nitrogens with zero attached hydrogens (tertiary/aromatic N) is 1. The van der Waals surface area contributed by atoms with Crippen molar-refractivity contribution >= 4 is 32.6 Å². The first-order valence-corrected chi connectivity index (χ1v) is 7.06. The Labute approximate surface area is 124 Å². The number of carboxylic acid groups (broad SMARTS) is 1. The minimum absolute atomic E-state index is 0.308. The Kier molecular flexibility index (Phi) is 3.70. The highest BCUT2D eigenvalue weighted by Gasteiger charge is 2.66. The van der Waals surface area contributed by atoms with Crippen LogP contribution < -0.4 is 5.32 Å². The first-order valence-electron chi connectivity index (χ1n) is 6.27. The lowest BCUT2D eigenvalue weighted by Gasteiger charge is -2.22. The van der Waals surface area contributed by atoms with Crippen LogP contribution in [0, 0.1) is 5.92 Å². The second kappa shape index (κ2) is 4.91. The quantitative estimate of drug-likeness (QED) is 0.811. The third-order valence-corrected chi connectivity index (χ3v) is 3.69. The second-order valence-electron chi connectivity index (χ2n) is 6.03. The molecule has 3 atom stereocenters. The fourth-order valence-corrected chi connectivity index (χ4v) is 2.65. The number of aliphatic carboxylic acids is 1. The van der Waals surface area contributed by atoms with E-state index in [-0.39, 0.29) is 12.0 Å². The van der Waals surface area contributed by atoms with Gasteiger partial charge in [-0.2, -0.15) is 0 Å². The number of halogens is 1. The Morgan fingerprint density at radius 2 is 2.20 bits per heavy atom. The molecule has 8 heteroatoms. The van der Waals surface area contributed by atoms with Crippen LogP contribution >= 0.6 is 15.9 Å². The zero-order chi connectivity index (χ0) is 15.1. The van der Waals surface area contributed by atoms with Crippen molar-refractivity contribution in [3.05, 3.63) is 0 Å². The molecule has 1 aliphatic heterocycles. The number of hydrogen-bond donors (Lipinski definition) is 2. The van der Waals surface area contributed by atoms with Crippen LogP contribution in [0.1, 0.15) is 33.6 Å². The topological polar surface area (TPSA) is 97.2 Å². The molecule has 0 saturated heterocycles. The van der Waals surface area contributed by atoms with Gasteiger partial charge < -0.3 is 20.0 Å². The van der Waals surface area contributed by atoms with Gasteiger partial charge in [-0.3, -0.25) is 0 Å². The smallest absolute Gasteiger partial charge is 0.408 e. The monoisotopic (exact) mass is 348 g/mol. The summed E-state index contributed by atoms with van der Waals surface area (Å²) < 4.78 is 5.75. The largest absolute Gasteiger partial charge is 0.479 e. The predicted octanol–water partition coefficient (Wildman–Crippen LogP) is 1.85. The molecule has 0 unspecified atom stereocenters. The predicted molar refractivity (Wildman–Crippen MR) is 73.7 cm³/mol. The third kappa shape index (κ3) is 3.05. The molecule has 0 radical (unpaired) electrons. The van der Waals surface area contributed by atoms with Gasteiger partial charge >= 0.3 is 12.1 Å². The Balaban J connectivity index is 2.00. The molecule has 0 spiro atoms. The number of carbonyl (C=O) groups excluding carboxylic acids is 1. The maximum absolute atomic E-state index is 11.8. The van der Waals surface area contributed by atoms with Crippen molar-refractivity contribution in [2.24, 2.45) is 11.1 Å². The van der Waals surface area contributed by atoms with E-state index in [4.69, 9.17) is 9.57 Å². The molecule has 1 saturated carbocycles. The standard InChI is InChI=1S/C12H17BrN2O5/c1-11(2,3)19-10(18)14-12(9(16)17)5-6(12)7-4-8(13)15-20-7/h6-7H,4-5H2,1-3H3,(H,14,18)(H,16,17)/t6-,7+,12+/m1/s1. The Morgan fingerprint density at radius 1 is 1.55 bits per heavy atom. The number of rotatable bonds is 3. The SMILES string of the molecule is CC(C)(C)OC(=O)N[C@@]1(C(=O)O)C[C@@H]1[C@@H]1CC(Br)=NO1. The first-order chi connectivity index (χ1) is 9.14. The molecular weight excluding hydrogens is 332 g/mol. The summed E-state index contributed by atoms with van der Waals surface area (Å²) in [7, 11) is 0. The summed E-state index contributed by atoms with van der Waals surface area (Å²) in [4.78, 5) is 28.4. The number of amides is 1. The van der Waals surface area contributed by atoms with Gasteiger partial charge in [-0.25, -0.2) is 9.59 Å². The molecule has 0 aromatic heterocycles. The summed E-state index contributed by atoms with van der Waals surface area (Å²) in [5.41, 5.74) is -2.00. The maximum atomic E-state index is 11.8. The summed E-state index contributed by atoms with van der Waals surface area (Å²) >= 11 is 3.21. The maximum Gasteiger partial charge on any atom is 0.408 e. The number of ether oxygens (including phenoxy) is 1. The average molecular weight is 349 g/mol. The third-order valence-electron chi connectivity index (χ3n) is 3.23. The Morgan fingerprint density at radius 3 is 2.65 bits per heavy atom. The van der Waals surface area contributed by atoms with Crippen LogP contribution in [0.2, 0.25) is 0 Å². The van der Waals surface area contributed by atoms with Crippen molar-refractivity contribution in [1.29, 1.82) is 0 Å². The number of nitrogens with one attached hydrogen (secondary N) is 1. The summed E-state index contributed by atoms with van der Waals surface area (Å²) in [6.07, 6.45) is -0.256. The molecule has 2 aliphatic rings. The van der Waals surface area contributed by atoms with E-state index in [9.17, 15) is 14.7 Å². The molecule has 1 fully saturated rings. The van der Waals surface area contributed by atoms with Crippen LogP contribution in [0.15, 0.2) is 5.16 Å². The fraction of sp³-hybridized carbons (Fsp3) is 0.750. The highest BCUT2D eigenvalue weighted by molar-refractivity contribution is 9.18. The summed E-state index contributed by atoms with van der Waals surface area (Å²) in [6.45, 7) is 5.15. The van der Waals surface area contributed by atoms with E-state index in [1.807, 2.05) is 0 Å². The number of oxime groups is 1. The molecular formula is C12H17BrN2O5. The number of carbonyl (C=O) groups is 2. The van der Waals surface area contributed by atoms with Gasteiger partial charge in [0.1, 0.15) is 21.9 Å². The van der Waals surface area contributed by atoms with Gasteiger partial charge in [0.25, 0.3) is 0 Å². The van der Waals surface area contributed by atoms with E-state index in [2.05, 4.69) is 26.4 Å². The molecule has 1 aliphatic carbocycles. The van der Waals surface area contributed by atoms with Crippen molar-refractivity contribution in [1.82, 2.24) is 5.32 Å². The molecule has 1 amide bonds. The van der Waals surface area contributed by atoms with Gasteiger partial charge in [0, 0.05) is 12.3 Å². The highest BCUT2D eigenvalue weighted by Crippen LogP contribution is 2.49. The lowest BCUT2D eigenvalue weighted by Crippen LogP contribution is -2.48. The van der Waals surface area contributed by atoms with Gasteiger partial charge in [0.05, 0.1) is 0 Å². The lowest BCUT2D eigenvalue weighted by atomic mass is 10.1. The van der Waals surface area contributed by atoms with E-state index in [1.165, 1.54) is 0 Å². The highest BCUT2D eigenvalue weighted by atomic mass is 79.9.